The summed E-state index contributed by atoms with van der Waals surface area (Å²) >= 11 is 0. The molecule has 0 aliphatic heterocycles. The van der Waals surface area contributed by atoms with Crippen molar-refractivity contribution in [1.82, 2.24) is 10.6 Å². The summed E-state index contributed by atoms with van der Waals surface area (Å²) in [5, 5.41) is 16.1. The van der Waals surface area contributed by atoms with E-state index in [1.165, 1.54) is 11.1 Å². The van der Waals surface area contributed by atoms with Gasteiger partial charge in [0, 0.05) is 19.0 Å². The topological polar surface area (TPSA) is 61.4 Å². The molecule has 0 aromatic heterocycles. The molecule has 0 saturated heterocycles. The molecule has 104 valence electrons. The molecule has 1 aliphatic carbocycles. The Kier molecular flexibility index (Phi) is 4.10. The Bertz CT molecular complexity index is 459. The second-order valence-corrected chi connectivity index (χ2v) is 5.65. The van der Waals surface area contributed by atoms with E-state index in [1.807, 2.05) is 32.0 Å². The smallest absolute Gasteiger partial charge is 0.315 e. The van der Waals surface area contributed by atoms with Crippen molar-refractivity contribution < 1.29 is 9.90 Å². The molecule has 0 bridgehead atoms. The van der Waals surface area contributed by atoms with Crippen molar-refractivity contribution in [3.05, 3.63) is 35.4 Å². The van der Waals surface area contributed by atoms with Gasteiger partial charge in [0.2, 0.25) is 0 Å². The Morgan fingerprint density at radius 1 is 1.37 bits per heavy atom. The van der Waals surface area contributed by atoms with Gasteiger partial charge in [0.05, 0.1) is 5.60 Å². The number of aliphatic hydroxyl groups is 1. The van der Waals surface area contributed by atoms with Gasteiger partial charge in [-0.05, 0) is 37.8 Å². The van der Waals surface area contributed by atoms with E-state index in [9.17, 15) is 9.90 Å². The zero-order valence-electron chi connectivity index (χ0n) is 11.6. The minimum absolute atomic E-state index is 0.0988. The quantitative estimate of drug-likeness (QED) is 0.775. The number of fused-ring (bicyclic) bond motifs is 1. The molecule has 0 fully saturated rings. The Labute approximate surface area is 114 Å². The number of carbonyl (C=O) groups excluding carboxylic acids is 1. The summed E-state index contributed by atoms with van der Waals surface area (Å²) in [6, 6.07) is 8.05. The summed E-state index contributed by atoms with van der Waals surface area (Å²) in [5.41, 5.74) is 1.66. The molecular weight excluding hydrogens is 240 g/mol. The lowest BCUT2D eigenvalue weighted by Crippen LogP contribution is -2.50. The average molecular weight is 262 g/mol. The van der Waals surface area contributed by atoms with E-state index in [0.29, 0.717) is 19.4 Å². The van der Waals surface area contributed by atoms with E-state index in [1.54, 1.807) is 0 Å². The number of nitrogens with one attached hydrogen (secondary N) is 2. The van der Waals surface area contributed by atoms with Gasteiger partial charge in [-0.25, -0.2) is 4.79 Å². The van der Waals surface area contributed by atoms with Gasteiger partial charge < -0.3 is 15.7 Å². The van der Waals surface area contributed by atoms with Crippen LogP contribution in [0.15, 0.2) is 24.3 Å². The highest BCUT2D eigenvalue weighted by atomic mass is 16.3. The summed E-state index contributed by atoms with van der Waals surface area (Å²) in [6.07, 6.45) is 2.15. The highest BCUT2D eigenvalue weighted by Crippen LogP contribution is 2.28. The van der Waals surface area contributed by atoms with Gasteiger partial charge in [0.1, 0.15) is 0 Å². The Morgan fingerprint density at radius 3 is 2.74 bits per heavy atom. The predicted octanol–water partition coefficient (Wildman–Crippen LogP) is 1.61. The molecule has 2 amide bonds. The van der Waals surface area contributed by atoms with Crippen molar-refractivity contribution in [2.75, 3.05) is 6.54 Å². The molecule has 1 aromatic carbocycles. The van der Waals surface area contributed by atoms with Gasteiger partial charge in [0.15, 0.2) is 0 Å². The van der Waals surface area contributed by atoms with Crippen LogP contribution in [0.4, 0.5) is 4.79 Å². The maximum absolute atomic E-state index is 11.6. The largest absolute Gasteiger partial charge is 0.388 e. The SMILES string of the molecule is CC(C)NC(=O)NCC1(O)CCc2ccccc2C1. The number of carbonyl (C=O) groups is 1. The van der Waals surface area contributed by atoms with Crippen LogP contribution in [0.5, 0.6) is 0 Å². The number of aryl methyl sites for hydroxylation is 1. The first-order valence-electron chi connectivity index (χ1n) is 6.82. The molecule has 4 heteroatoms. The number of hydrogen-bond donors (Lipinski definition) is 3. The first-order chi connectivity index (χ1) is 8.98. The summed E-state index contributed by atoms with van der Waals surface area (Å²) < 4.78 is 0. The molecule has 1 unspecified atom stereocenters. The molecule has 0 heterocycles. The van der Waals surface area contributed by atoms with Crippen LogP contribution in [-0.2, 0) is 12.8 Å². The number of rotatable bonds is 3. The Hall–Kier alpha value is -1.55. The fourth-order valence-electron chi connectivity index (χ4n) is 2.49. The third kappa shape index (κ3) is 3.70. The zero-order chi connectivity index (χ0) is 13.9. The number of urea groups is 1. The van der Waals surface area contributed by atoms with E-state index in [-0.39, 0.29) is 12.1 Å². The molecule has 0 spiro atoms. The molecule has 0 radical (unpaired) electrons. The minimum Gasteiger partial charge on any atom is -0.388 e. The maximum atomic E-state index is 11.6. The number of benzene rings is 1. The van der Waals surface area contributed by atoms with Crippen LogP contribution in [0.25, 0.3) is 0 Å². The maximum Gasteiger partial charge on any atom is 0.315 e. The Morgan fingerprint density at radius 2 is 2.05 bits per heavy atom. The Balaban J connectivity index is 1.93. The van der Waals surface area contributed by atoms with Gasteiger partial charge in [-0.1, -0.05) is 24.3 Å². The lowest BCUT2D eigenvalue weighted by atomic mass is 9.80. The van der Waals surface area contributed by atoms with E-state index in [4.69, 9.17) is 0 Å². The van der Waals surface area contributed by atoms with Gasteiger partial charge in [-0.2, -0.15) is 0 Å². The normalized spacial score (nSPS) is 21.9. The highest BCUT2D eigenvalue weighted by Gasteiger charge is 2.32. The molecule has 0 saturated carbocycles. The fourth-order valence-corrected chi connectivity index (χ4v) is 2.49. The van der Waals surface area contributed by atoms with Crippen LogP contribution in [0, 0.1) is 0 Å². The zero-order valence-corrected chi connectivity index (χ0v) is 11.6. The molecule has 19 heavy (non-hydrogen) atoms. The van der Waals surface area contributed by atoms with Gasteiger partial charge in [-0.15, -0.1) is 0 Å². The average Bonchev–Trinajstić information content (AvgIpc) is 2.36. The molecule has 1 atom stereocenters. The molecular formula is C15H22N2O2. The van der Waals surface area contributed by atoms with Gasteiger partial charge >= 0.3 is 6.03 Å². The lowest BCUT2D eigenvalue weighted by molar-refractivity contribution is 0.0290. The van der Waals surface area contributed by atoms with Crippen LogP contribution in [0.2, 0.25) is 0 Å². The summed E-state index contributed by atoms with van der Waals surface area (Å²) in [7, 11) is 0. The minimum atomic E-state index is -0.831. The van der Waals surface area contributed by atoms with Crippen LogP contribution in [-0.4, -0.2) is 29.3 Å². The lowest BCUT2D eigenvalue weighted by Gasteiger charge is -2.33. The van der Waals surface area contributed by atoms with E-state index in [0.717, 1.165) is 6.42 Å². The number of amides is 2. The van der Waals surface area contributed by atoms with Crippen LogP contribution in [0.3, 0.4) is 0 Å². The third-order valence-corrected chi connectivity index (χ3v) is 3.50. The van der Waals surface area contributed by atoms with Crippen molar-refractivity contribution in [2.45, 2.75) is 44.8 Å². The van der Waals surface area contributed by atoms with Crippen LogP contribution >= 0.6 is 0 Å². The molecule has 1 aliphatic rings. The van der Waals surface area contributed by atoms with Crippen molar-refractivity contribution in [3.8, 4) is 0 Å². The van der Waals surface area contributed by atoms with Crippen molar-refractivity contribution in [2.24, 2.45) is 0 Å². The third-order valence-electron chi connectivity index (χ3n) is 3.50. The van der Waals surface area contributed by atoms with Gasteiger partial charge in [0.25, 0.3) is 0 Å². The number of hydrogen-bond acceptors (Lipinski definition) is 2. The van der Waals surface area contributed by atoms with Crippen molar-refractivity contribution in [3.63, 3.8) is 0 Å². The van der Waals surface area contributed by atoms with E-state index < -0.39 is 5.60 Å². The molecule has 2 rings (SSSR count). The first kappa shape index (κ1) is 13.9. The monoisotopic (exact) mass is 262 g/mol. The summed E-state index contributed by atoms with van der Waals surface area (Å²) in [6.45, 7) is 4.11. The van der Waals surface area contributed by atoms with Crippen molar-refractivity contribution in [1.29, 1.82) is 0 Å². The van der Waals surface area contributed by atoms with E-state index >= 15 is 0 Å². The van der Waals surface area contributed by atoms with Crippen molar-refractivity contribution >= 4 is 6.03 Å². The second kappa shape index (κ2) is 5.61. The van der Waals surface area contributed by atoms with Gasteiger partial charge in [-0.3, -0.25) is 0 Å². The van der Waals surface area contributed by atoms with E-state index in [2.05, 4.69) is 16.7 Å². The standard InChI is InChI=1S/C15H22N2O2/c1-11(2)17-14(18)16-10-15(19)8-7-12-5-3-4-6-13(12)9-15/h3-6,11,19H,7-10H2,1-2H3,(H2,16,17,18). The molecule has 4 nitrogen and oxygen atoms in total. The highest BCUT2D eigenvalue weighted by molar-refractivity contribution is 5.74. The molecule has 1 aromatic rings. The summed E-state index contributed by atoms with van der Waals surface area (Å²) in [5.74, 6) is 0. The van der Waals surface area contributed by atoms with Crippen LogP contribution in [0.1, 0.15) is 31.4 Å². The predicted molar refractivity (Wildman–Crippen MR) is 75.1 cm³/mol. The van der Waals surface area contributed by atoms with Crippen LogP contribution < -0.4 is 10.6 Å². The first-order valence-corrected chi connectivity index (χ1v) is 6.82. The molecule has 3 N–H and O–H groups in total. The summed E-state index contributed by atoms with van der Waals surface area (Å²) in [4.78, 5) is 11.6. The fraction of sp³-hybridized carbons (Fsp3) is 0.533. The second-order valence-electron chi connectivity index (χ2n) is 5.65.